The first-order chi connectivity index (χ1) is 11.2. The minimum Gasteiger partial charge on any atom is -0.452 e. The second kappa shape index (κ2) is 8.99. The fourth-order valence-electron chi connectivity index (χ4n) is 1.53. The number of hydrogen-bond acceptors (Lipinski definition) is 7. The van der Waals surface area contributed by atoms with E-state index >= 15 is 0 Å². The third-order valence-electron chi connectivity index (χ3n) is 2.70. The van der Waals surface area contributed by atoms with Gasteiger partial charge >= 0.3 is 12.0 Å². The van der Waals surface area contributed by atoms with Gasteiger partial charge in [-0.25, -0.2) is 18.0 Å². The summed E-state index contributed by atoms with van der Waals surface area (Å²) in [6.07, 6.45) is 1.04. The summed E-state index contributed by atoms with van der Waals surface area (Å²) in [7, 11) is -1.90. The molecule has 3 amide bonds. The van der Waals surface area contributed by atoms with Crippen LogP contribution >= 0.6 is 0 Å². The van der Waals surface area contributed by atoms with Crippen molar-refractivity contribution in [3.8, 4) is 0 Å². The van der Waals surface area contributed by atoms with Crippen molar-refractivity contribution in [3.63, 3.8) is 0 Å². The molecule has 0 bridgehead atoms. The molecule has 0 radical (unpaired) electrons. The number of carbonyl (C=O) groups excluding carboxylic acids is 3. The molecule has 10 heteroatoms. The minimum absolute atomic E-state index is 0.0597. The van der Waals surface area contributed by atoms with E-state index in [0.717, 1.165) is 6.26 Å². The lowest BCUT2D eigenvalue weighted by Gasteiger charge is -2.07. The van der Waals surface area contributed by atoms with Gasteiger partial charge in [-0.2, -0.15) is 0 Å². The standard InChI is InChI=1S/C14H18N2O7S/c1-22-8-7-15-14(19)16-12(17)9-23-13(18)10-3-5-11(6-4-10)24(2,20)21/h3-6H,7-9H2,1-2H3,(H2,15,16,17,19). The summed E-state index contributed by atoms with van der Waals surface area (Å²) in [5.74, 6) is -1.61. The number of urea groups is 1. The Bertz CT molecular complexity index is 698. The van der Waals surface area contributed by atoms with Gasteiger partial charge in [0.1, 0.15) is 0 Å². The Balaban J connectivity index is 2.45. The number of hydrogen-bond donors (Lipinski definition) is 2. The average molecular weight is 358 g/mol. The highest BCUT2D eigenvalue weighted by molar-refractivity contribution is 7.90. The smallest absolute Gasteiger partial charge is 0.338 e. The monoisotopic (exact) mass is 358 g/mol. The van der Waals surface area contributed by atoms with Crippen LogP contribution < -0.4 is 10.6 Å². The molecule has 0 heterocycles. The molecule has 0 aromatic heterocycles. The summed E-state index contributed by atoms with van der Waals surface area (Å²) in [5, 5.41) is 4.33. The Morgan fingerprint density at radius 1 is 1.12 bits per heavy atom. The third-order valence-corrected chi connectivity index (χ3v) is 3.83. The summed E-state index contributed by atoms with van der Waals surface area (Å²) < 4.78 is 32.1. The van der Waals surface area contributed by atoms with E-state index in [2.05, 4.69) is 5.32 Å². The number of amides is 3. The third kappa shape index (κ3) is 6.75. The van der Waals surface area contributed by atoms with E-state index in [1.165, 1.54) is 31.4 Å². The molecular formula is C14H18N2O7S. The summed E-state index contributed by atoms with van der Waals surface area (Å²) in [5.41, 5.74) is 0.0831. The van der Waals surface area contributed by atoms with E-state index in [0.29, 0.717) is 6.61 Å². The molecule has 0 saturated heterocycles. The lowest BCUT2D eigenvalue weighted by Crippen LogP contribution is -2.42. The molecule has 0 atom stereocenters. The van der Waals surface area contributed by atoms with E-state index in [9.17, 15) is 22.8 Å². The van der Waals surface area contributed by atoms with Gasteiger partial charge in [0.05, 0.1) is 17.1 Å². The number of nitrogens with one attached hydrogen (secondary N) is 2. The van der Waals surface area contributed by atoms with Gasteiger partial charge in [-0.15, -0.1) is 0 Å². The fraction of sp³-hybridized carbons (Fsp3) is 0.357. The zero-order valence-electron chi connectivity index (χ0n) is 13.2. The van der Waals surface area contributed by atoms with Crippen molar-refractivity contribution in [2.24, 2.45) is 0 Å². The molecular weight excluding hydrogens is 340 g/mol. The number of ether oxygens (including phenoxy) is 2. The van der Waals surface area contributed by atoms with Crippen LogP contribution in [-0.4, -0.2) is 59.4 Å². The molecule has 0 aliphatic rings. The Morgan fingerprint density at radius 3 is 2.29 bits per heavy atom. The summed E-state index contributed by atoms with van der Waals surface area (Å²) in [4.78, 5) is 34.5. The summed E-state index contributed by atoms with van der Waals surface area (Å²) in [6.45, 7) is -0.132. The fourth-order valence-corrected chi connectivity index (χ4v) is 2.16. The van der Waals surface area contributed by atoms with Crippen LogP contribution in [0.25, 0.3) is 0 Å². The van der Waals surface area contributed by atoms with E-state index in [1.807, 2.05) is 5.32 Å². The van der Waals surface area contributed by atoms with Gasteiger partial charge in [0.2, 0.25) is 0 Å². The largest absolute Gasteiger partial charge is 0.452 e. The lowest BCUT2D eigenvalue weighted by atomic mass is 10.2. The Kier molecular flexibility index (Phi) is 7.33. The average Bonchev–Trinajstić information content (AvgIpc) is 2.52. The van der Waals surface area contributed by atoms with Gasteiger partial charge < -0.3 is 14.8 Å². The number of carbonyl (C=O) groups is 3. The van der Waals surface area contributed by atoms with Crippen LogP contribution in [0.4, 0.5) is 4.79 Å². The molecule has 0 unspecified atom stereocenters. The zero-order chi connectivity index (χ0) is 18.2. The summed E-state index contributed by atoms with van der Waals surface area (Å²) >= 11 is 0. The van der Waals surface area contributed by atoms with Crippen molar-refractivity contribution in [2.75, 3.05) is 33.1 Å². The van der Waals surface area contributed by atoms with Gasteiger partial charge in [-0.05, 0) is 24.3 Å². The maximum atomic E-state index is 11.7. The number of rotatable bonds is 7. The Morgan fingerprint density at radius 2 is 1.75 bits per heavy atom. The van der Waals surface area contributed by atoms with Gasteiger partial charge in [0.25, 0.3) is 5.91 Å². The number of sulfone groups is 1. The number of methoxy groups -OCH3 is 1. The Labute approximate surface area is 139 Å². The Hall–Kier alpha value is -2.46. The van der Waals surface area contributed by atoms with E-state index < -0.39 is 34.4 Å². The van der Waals surface area contributed by atoms with Gasteiger partial charge in [0.15, 0.2) is 16.4 Å². The van der Waals surface area contributed by atoms with Crippen LogP contribution in [0.3, 0.4) is 0 Å². The quantitative estimate of drug-likeness (QED) is 0.507. The number of imide groups is 1. The van der Waals surface area contributed by atoms with Crippen molar-refractivity contribution >= 4 is 27.7 Å². The topological polar surface area (TPSA) is 128 Å². The van der Waals surface area contributed by atoms with Crippen LogP contribution in [0.5, 0.6) is 0 Å². The van der Waals surface area contributed by atoms with Gasteiger partial charge in [0, 0.05) is 19.9 Å². The van der Waals surface area contributed by atoms with Crippen molar-refractivity contribution in [3.05, 3.63) is 29.8 Å². The molecule has 132 valence electrons. The normalized spacial score (nSPS) is 10.8. The highest BCUT2D eigenvalue weighted by Gasteiger charge is 2.13. The SMILES string of the molecule is COCCNC(=O)NC(=O)COC(=O)c1ccc(S(C)(=O)=O)cc1. The first-order valence-corrected chi connectivity index (χ1v) is 8.67. The minimum atomic E-state index is -3.36. The molecule has 0 saturated carbocycles. The van der Waals surface area contributed by atoms with Gasteiger partial charge in [-0.3, -0.25) is 10.1 Å². The first kappa shape index (κ1) is 19.6. The zero-order valence-corrected chi connectivity index (χ0v) is 14.0. The van der Waals surface area contributed by atoms with E-state index in [-0.39, 0.29) is 17.0 Å². The highest BCUT2D eigenvalue weighted by atomic mass is 32.2. The van der Waals surface area contributed by atoms with Crippen molar-refractivity contribution in [1.29, 1.82) is 0 Å². The predicted octanol–water partition coefficient (Wildman–Crippen LogP) is -0.281. The number of esters is 1. The van der Waals surface area contributed by atoms with Crippen LogP contribution in [-0.2, 0) is 24.1 Å². The van der Waals surface area contributed by atoms with Crippen LogP contribution in [0.2, 0.25) is 0 Å². The lowest BCUT2D eigenvalue weighted by molar-refractivity contribution is -0.123. The van der Waals surface area contributed by atoms with Crippen LogP contribution in [0, 0.1) is 0 Å². The first-order valence-electron chi connectivity index (χ1n) is 6.78. The molecule has 1 aromatic rings. The van der Waals surface area contributed by atoms with Crippen LogP contribution in [0.15, 0.2) is 29.2 Å². The summed E-state index contributed by atoms with van der Waals surface area (Å²) in [6, 6.07) is 4.33. The maximum Gasteiger partial charge on any atom is 0.338 e. The molecule has 2 N–H and O–H groups in total. The highest BCUT2D eigenvalue weighted by Crippen LogP contribution is 2.11. The maximum absolute atomic E-state index is 11.7. The molecule has 1 aromatic carbocycles. The second-order valence-electron chi connectivity index (χ2n) is 4.67. The predicted molar refractivity (Wildman–Crippen MR) is 83.3 cm³/mol. The van der Waals surface area contributed by atoms with Gasteiger partial charge in [-0.1, -0.05) is 0 Å². The molecule has 1 rings (SSSR count). The molecule has 0 aliphatic carbocycles. The van der Waals surface area contributed by atoms with Crippen LogP contribution in [0.1, 0.15) is 10.4 Å². The molecule has 9 nitrogen and oxygen atoms in total. The van der Waals surface area contributed by atoms with E-state index in [1.54, 1.807) is 0 Å². The molecule has 0 fully saturated rings. The van der Waals surface area contributed by atoms with E-state index in [4.69, 9.17) is 9.47 Å². The molecule has 24 heavy (non-hydrogen) atoms. The van der Waals surface area contributed by atoms with Crippen molar-refractivity contribution in [1.82, 2.24) is 10.6 Å². The second-order valence-corrected chi connectivity index (χ2v) is 6.69. The van der Waals surface area contributed by atoms with Crippen molar-refractivity contribution < 1.29 is 32.3 Å². The molecule has 0 aliphatic heterocycles. The van der Waals surface area contributed by atoms with Crippen molar-refractivity contribution in [2.45, 2.75) is 4.90 Å². The molecule has 0 spiro atoms. The number of benzene rings is 1.